The van der Waals surface area contributed by atoms with E-state index >= 15 is 0 Å². The molecule has 1 N–H and O–H groups in total. The third-order valence-corrected chi connectivity index (χ3v) is 4.19. The summed E-state index contributed by atoms with van der Waals surface area (Å²) in [7, 11) is 0. The van der Waals surface area contributed by atoms with Gasteiger partial charge in [-0.2, -0.15) is 0 Å². The number of piperazine rings is 1. The van der Waals surface area contributed by atoms with Gasteiger partial charge in [-0.05, 0) is 33.1 Å². The number of hydrogen-bond donors (Lipinski definition) is 1. The normalized spacial score (nSPS) is 25.1. The van der Waals surface area contributed by atoms with Gasteiger partial charge in [0.15, 0.2) is 0 Å². The van der Waals surface area contributed by atoms with E-state index in [1.807, 2.05) is 0 Å². The van der Waals surface area contributed by atoms with E-state index in [4.69, 9.17) is 4.74 Å². The molecule has 0 radical (unpaired) electrons. The SMILES string of the molecule is CCOCCCN1CC(CC)(CC)NCC1C. The maximum atomic E-state index is 5.42. The van der Waals surface area contributed by atoms with Crippen LogP contribution in [0.4, 0.5) is 0 Å². The summed E-state index contributed by atoms with van der Waals surface area (Å²) in [5.41, 5.74) is 0.345. The van der Waals surface area contributed by atoms with E-state index in [-0.39, 0.29) is 0 Å². The summed E-state index contributed by atoms with van der Waals surface area (Å²) in [5.74, 6) is 0. The molecular formula is C14H30N2O. The lowest BCUT2D eigenvalue weighted by Gasteiger charge is -2.46. The monoisotopic (exact) mass is 242 g/mol. The average Bonchev–Trinajstić information content (AvgIpc) is 2.37. The lowest BCUT2D eigenvalue weighted by Crippen LogP contribution is -2.63. The van der Waals surface area contributed by atoms with Crippen molar-refractivity contribution in [1.82, 2.24) is 10.2 Å². The maximum absolute atomic E-state index is 5.42. The van der Waals surface area contributed by atoms with Crippen LogP contribution in [0, 0.1) is 0 Å². The lowest BCUT2D eigenvalue weighted by atomic mass is 9.88. The maximum Gasteiger partial charge on any atom is 0.0478 e. The number of rotatable bonds is 7. The fourth-order valence-corrected chi connectivity index (χ4v) is 2.63. The van der Waals surface area contributed by atoms with Crippen LogP contribution in [0.25, 0.3) is 0 Å². The van der Waals surface area contributed by atoms with E-state index in [1.165, 1.54) is 25.9 Å². The van der Waals surface area contributed by atoms with Gasteiger partial charge in [0.2, 0.25) is 0 Å². The molecule has 1 atom stereocenters. The first-order valence-corrected chi connectivity index (χ1v) is 7.24. The summed E-state index contributed by atoms with van der Waals surface area (Å²) in [5, 5.41) is 3.74. The van der Waals surface area contributed by atoms with Crippen LogP contribution >= 0.6 is 0 Å². The third-order valence-electron chi connectivity index (χ3n) is 4.19. The predicted octanol–water partition coefficient (Wildman–Crippen LogP) is 2.27. The Morgan fingerprint density at radius 1 is 1.29 bits per heavy atom. The molecule has 0 aromatic rings. The fraction of sp³-hybridized carbons (Fsp3) is 1.00. The van der Waals surface area contributed by atoms with Gasteiger partial charge in [-0.1, -0.05) is 13.8 Å². The molecule has 1 rings (SSSR count). The second kappa shape index (κ2) is 7.34. The van der Waals surface area contributed by atoms with Crippen LogP contribution in [0.3, 0.4) is 0 Å². The number of ether oxygens (including phenoxy) is 1. The van der Waals surface area contributed by atoms with E-state index in [1.54, 1.807) is 0 Å². The Labute approximate surface area is 107 Å². The zero-order valence-electron chi connectivity index (χ0n) is 12.1. The first-order valence-electron chi connectivity index (χ1n) is 7.24. The number of nitrogens with one attached hydrogen (secondary N) is 1. The van der Waals surface area contributed by atoms with E-state index in [0.717, 1.165) is 26.2 Å². The summed E-state index contributed by atoms with van der Waals surface area (Å²) in [6.07, 6.45) is 3.60. The lowest BCUT2D eigenvalue weighted by molar-refractivity contribution is 0.0663. The van der Waals surface area contributed by atoms with E-state index in [2.05, 4.69) is 37.9 Å². The van der Waals surface area contributed by atoms with Crippen LogP contribution in [0.5, 0.6) is 0 Å². The highest BCUT2D eigenvalue weighted by molar-refractivity contribution is 4.95. The number of nitrogens with zero attached hydrogens (tertiary/aromatic N) is 1. The van der Waals surface area contributed by atoms with Gasteiger partial charge in [-0.3, -0.25) is 4.90 Å². The van der Waals surface area contributed by atoms with E-state index in [0.29, 0.717) is 11.6 Å². The van der Waals surface area contributed by atoms with Crippen molar-refractivity contribution >= 4 is 0 Å². The molecule has 1 aliphatic rings. The molecule has 1 aliphatic heterocycles. The zero-order chi connectivity index (χ0) is 12.7. The van der Waals surface area contributed by atoms with Crippen LogP contribution in [0.1, 0.15) is 47.0 Å². The first-order chi connectivity index (χ1) is 8.17. The average molecular weight is 242 g/mol. The van der Waals surface area contributed by atoms with Crippen molar-refractivity contribution < 1.29 is 4.74 Å². The number of hydrogen-bond acceptors (Lipinski definition) is 3. The van der Waals surface area contributed by atoms with Crippen LogP contribution in [-0.4, -0.2) is 49.3 Å². The Balaban J connectivity index is 2.40. The highest BCUT2D eigenvalue weighted by Gasteiger charge is 2.34. The van der Waals surface area contributed by atoms with E-state index < -0.39 is 0 Å². The highest BCUT2D eigenvalue weighted by Crippen LogP contribution is 2.22. The minimum atomic E-state index is 0.345. The zero-order valence-corrected chi connectivity index (χ0v) is 12.1. The first kappa shape index (κ1) is 14.9. The molecule has 0 aromatic heterocycles. The van der Waals surface area contributed by atoms with Gasteiger partial charge in [0.25, 0.3) is 0 Å². The van der Waals surface area contributed by atoms with Crippen LogP contribution in [-0.2, 0) is 4.74 Å². The Hall–Kier alpha value is -0.120. The standard InChI is InChI=1S/C14H30N2O/c1-5-14(6-2)12-16(13(4)11-15-14)9-8-10-17-7-3/h13,15H,5-12H2,1-4H3. The molecule has 0 aliphatic carbocycles. The summed E-state index contributed by atoms with van der Waals surface area (Å²) in [4.78, 5) is 2.63. The van der Waals surface area contributed by atoms with Gasteiger partial charge >= 0.3 is 0 Å². The summed E-state index contributed by atoms with van der Waals surface area (Å²) in [6.45, 7) is 14.2. The minimum absolute atomic E-state index is 0.345. The van der Waals surface area contributed by atoms with Gasteiger partial charge in [0.05, 0.1) is 0 Å². The quantitative estimate of drug-likeness (QED) is 0.693. The molecular weight excluding hydrogens is 212 g/mol. The Morgan fingerprint density at radius 2 is 2.00 bits per heavy atom. The second-order valence-corrected chi connectivity index (χ2v) is 5.24. The highest BCUT2D eigenvalue weighted by atomic mass is 16.5. The topological polar surface area (TPSA) is 24.5 Å². The van der Waals surface area contributed by atoms with Gasteiger partial charge in [0.1, 0.15) is 0 Å². The third kappa shape index (κ3) is 4.23. The van der Waals surface area contributed by atoms with Gasteiger partial charge in [-0.15, -0.1) is 0 Å². The smallest absolute Gasteiger partial charge is 0.0478 e. The van der Waals surface area contributed by atoms with Crippen molar-refractivity contribution in [3.63, 3.8) is 0 Å². The van der Waals surface area contributed by atoms with E-state index in [9.17, 15) is 0 Å². The second-order valence-electron chi connectivity index (χ2n) is 5.24. The van der Waals surface area contributed by atoms with Crippen molar-refractivity contribution in [2.24, 2.45) is 0 Å². The molecule has 0 bridgehead atoms. The Bertz CT molecular complexity index is 204. The van der Waals surface area contributed by atoms with Crippen LogP contribution < -0.4 is 5.32 Å². The molecule has 0 saturated carbocycles. The molecule has 1 unspecified atom stereocenters. The van der Waals surface area contributed by atoms with Crippen LogP contribution in [0.2, 0.25) is 0 Å². The molecule has 1 fully saturated rings. The van der Waals surface area contributed by atoms with Gasteiger partial charge < -0.3 is 10.1 Å². The van der Waals surface area contributed by atoms with Crippen molar-refractivity contribution in [2.45, 2.75) is 58.5 Å². The molecule has 0 spiro atoms. The summed E-state index contributed by atoms with van der Waals surface area (Å²) < 4.78 is 5.42. The molecule has 3 nitrogen and oxygen atoms in total. The molecule has 1 saturated heterocycles. The molecule has 0 aromatic carbocycles. The van der Waals surface area contributed by atoms with Crippen LogP contribution in [0.15, 0.2) is 0 Å². The minimum Gasteiger partial charge on any atom is -0.382 e. The molecule has 0 amide bonds. The fourth-order valence-electron chi connectivity index (χ4n) is 2.63. The molecule has 102 valence electrons. The molecule has 3 heteroatoms. The van der Waals surface area contributed by atoms with Crippen molar-refractivity contribution in [2.75, 3.05) is 32.8 Å². The summed E-state index contributed by atoms with van der Waals surface area (Å²) >= 11 is 0. The predicted molar refractivity (Wildman–Crippen MR) is 73.5 cm³/mol. The van der Waals surface area contributed by atoms with Gasteiger partial charge in [0, 0.05) is 44.4 Å². The largest absolute Gasteiger partial charge is 0.382 e. The summed E-state index contributed by atoms with van der Waals surface area (Å²) in [6, 6.07) is 0.655. The van der Waals surface area contributed by atoms with Crippen molar-refractivity contribution in [3.05, 3.63) is 0 Å². The van der Waals surface area contributed by atoms with Crippen molar-refractivity contribution in [1.29, 1.82) is 0 Å². The molecule has 17 heavy (non-hydrogen) atoms. The molecule has 1 heterocycles. The Kier molecular flexibility index (Phi) is 6.45. The Morgan fingerprint density at radius 3 is 2.59 bits per heavy atom. The van der Waals surface area contributed by atoms with Crippen molar-refractivity contribution in [3.8, 4) is 0 Å². The van der Waals surface area contributed by atoms with Gasteiger partial charge in [-0.25, -0.2) is 0 Å².